The number of nitrogens with two attached hydrogens (primary N) is 2. The molecule has 80 valence electrons. The van der Waals surface area contributed by atoms with E-state index in [1.807, 2.05) is 0 Å². The Hall–Kier alpha value is -0.240. The van der Waals surface area contributed by atoms with Gasteiger partial charge in [-0.1, -0.05) is 6.92 Å². The summed E-state index contributed by atoms with van der Waals surface area (Å²) in [5.74, 6) is -5.55. The van der Waals surface area contributed by atoms with Crippen LogP contribution in [0.2, 0.25) is 0 Å². The minimum absolute atomic E-state index is 0.104. The molecule has 13 heavy (non-hydrogen) atoms. The van der Waals surface area contributed by atoms with Gasteiger partial charge in [-0.15, -0.1) is 0 Å². The van der Waals surface area contributed by atoms with Crippen LogP contribution < -0.4 is 11.5 Å². The monoisotopic (exact) mass is 194 g/mol. The van der Waals surface area contributed by atoms with Gasteiger partial charge in [0.05, 0.1) is 5.54 Å². The van der Waals surface area contributed by atoms with E-state index in [0.717, 1.165) is 6.92 Å². The smallest absolute Gasteiger partial charge is 0.237 e. The molecule has 0 aromatic carbocycles. The molecule has 0 saturated heterocycles. The largest absolute Gasteiger partial charge is 0.362 e. The van der Waals surface area contributed by atoms with Crippen molar-refractivity contribution in [3.8, 4) is 0 Å². The maximum absolute atomic E-state index is 9.42. The summed E-state index contributed by atoms with van der Waals surface area (Å²) >= 11 is 0. The normalized spacial score (nSPS) is 18.5. The van der Waals surface area contributed by atoms with Crippen LogP contribution in [0, 0.1) is 0 Å². The summed E-state index contributed by atoms with van der Waals surface area (Å²) in [6.07, 6.45) is 0.104. The Morgan fingerprint density at radius 1 is 1.15 bits per heavy atom. The molecule has 0 aliphatic carbocycles. The molecule has 0 aliphatic heterocycles. The molecule has 0 radical (unpaired) electrons. The predicted octanol–water partition coefficient (Wildman–Crippen LogP) is -2.57. The first-order chi connectivity index (χ1) is 5.62. The quantitative estimate of drug-likeness (QED) is 0.273. The first-order valence-corrected chi connectivity index (χ1v) is 4.01. The van der Waals surface area contributed by atoms with E-state index >= 15 is 0 Å². The molecule has 6 nitrogen and oxygen atoms in total. The fraction of sp³-hybridized carbons (Fsp3) is 1.00. The third-order valence-electron chi connectivity index (χ3n) is 2.35. The first-order valence-electron chi connectivity index (χ1n) is 4.01. The predicted molar refractivity (Wildman–Crippen MR) is 46.3 cm³/mol. The van der Waals surface area contributed by atoms with Crippen molar-refractivity contribution >= 4 is 0 Å². The van der Waals surface area contributed by atoms with Gasteiger partial charge in [0.2, 0.25) is 11.6 Å². The summed E-state index contributed by atoms with van der Waals surface area (Å²) < 4.78 is 0. The maximum atomic E-state index is 9.42. The molecule has 8 N–H and O–H groups in total. The fourth-order valence-corrected chi connectivity index (χ4v) is 1.00. The summed E-state index contributed by atoms with van der Waals surface area (Å²) in [6.45, 7) is 2.13. The zero-order valence-electron chi connectivity index (χ0n) is 7.86. The van der Waals surface area contributed by atoms with Gasteiger partial charge in [0, 0.05) is 6.54 Å². The summed E-state index contributed by atoms with van der Waals surface area (Å²) in [7, 11) is 0. The molecule has 0 aromatic heterocycles. The van der Waals surface area contributed by atoms with Crippen molar-refractivity contribution in [3.05, 3.63) is 0 Å². The number of hydrogen-bond donors (Lipinski definition) is 6. The van der Waals surface area contributed by atoms with Crippen molar-refractivity contribution in [2.75, 3.05) is 6.54 Å². The van der Waals surface area contributed by atoms with Crippen LogP contribution in [0.3, 0.4) is 0 Å². The van der Waals surface area contributed by atoms with Gasteiger partial charge in [-0.3, -0.25) is 0 Å². The van der Waals surface area contributed by atoms with Gasteiger partial charge in [-0.25, -0.2) is 0 Å². The van der Waals surface area contributed by atoms with Crippen molar-refractivity contribution in [2.24, 2.45) is 11.5 Å². The Labute approximate surface area is 76.8 Å². The zero-order valence-corrected chi connectivity index (χ0v) is 7.86. The van der Waals surface area contributed by atoms with E-state index in [2.05, 4.69) is 0 Å². The highest BCUT2D eigenvalue weighted by molar-refractivity contribution is 5.02. The minimum Gasteiger partial charge on any atom is -0.362 e. The van der Waals surface area contributed by atoms with Gasteiger partial charge in [-0.2, -0.15) is 0 Å². The molecule has 0 aliphatic rings. The number of hydrogen-bond acceptors (Lipinski definition) is 6. The van der Waals surface area contributed by atoms with Crippen LogP contribution >= 0.6 is 0 Å². The summed E-state index contributed by atoms with van der Waals surface area (Å²) in [4.78, 5) is 0. The highest BCUT2D eigenvalue weighted by Gasteiger charge is 2.56. The lowest BCUT2D eigenvalue weighted by molar-refractivity contribution is -0.371. The second-order valence-electron chi connectivity index (χ2n) is 3.41. The molecule has 1 atom stereocenters. The Kier molecular flexibility index (Phi) is 3.42. The van der Waals surface area contributed by atoms with Crippen molar-refractivity contribution < 1.29 is 20.4 Å². The summed E-state index contributed by atoms with van der Waals surface area (Å²) in [6, 6.07) is 0. The molecular formula is C7H18N2O4. The standard InChI is InChI=1S/C7H18N2O4/c1-3-6(9,4-8)7(12,13)5(2,10)11/h10-13H,3-4,8-9H2,1-2H3. The maximum Gasteiger partial charge on any atom is 0.237 e. The minimum atomic E-state index is -2.84. The van der Waals surface area contributed by atoms with Crippen LogP contribution in [0.1, 0.15) is 20.3 Å². The molecular weight excluding hydrogens is 176 g/mol. The van der Waals surface area contributed by atoms with E-state index < -0.39 is 17.1 Å². The molecule has 0 rings (SSSR count). The Morgan fingerprint density at radius 3 is 1.62 bits per heavy atom. The summed E-state index contributed by atoms with van der Waals surface area (Å²) in [5.41, 5.74) is 9.10. The van der Waals surface area contributed by atoms with E-state index in [0.29, 0.717) is 0 Å². The number of aliphatic hydroxyl groups is 4. The van der Waals surface area contributed by atoms with E-state index in [-0.39, 0.29) is 13.0 Å². The average Bonchev–Trinajstić information content (AvgIpc) is 2.00. The summed E-state index contributed by atoms with van der Waals surface area (Å²) in [5, 5.41) is 37.0. The lowest BCUT2D eigenvalue weighted by atomic mass is 9.82. The molecule has 6 heteroatoms. The highest BCUT2D eigenvalue weighted by Crippen LogP contribution is 2.28. The van der Waals surface area contributed by atoms with Crippen LogP contribution in [0.5, 0.6) is 0 Å². The van der Waals surface area contributed by atoms with Gasteiger partial charge >= 0.3 is 0 Å². The zero-order chi connectivity index (χ0) is 10.9. The van der Waals surface area contributed by atoms with Crippen molar-refractivity contribution in [1.82, 2.24) is 0 Å². The Bertz CT molecular complexity index is 172. The molecule has 0 fully saturated rings. The lowest BCUT2D eigenvalue weighted by Gasteiger charge is -2.44. The Morgan fingerprint density at radius 2 is 1.54 bits per heavy atom. The SMILES string of the molecule is CCC(N)(CN)C(O)(O)C(C)(O)O. The molecule has 0 saturated carbocycles. The third-order valence-corrected chi connectivity index (χ3v) is 2.35. The van der Waals surface area contributed by atoms with Crippen molar-refractivity contribution in [1.29, 1.82) is 0 Å². The van der Waals surface area contributed by atoms with Crippen molar-refractivity contribution in [2.45, 2.75) is 37.4 Å². The lowest BCUT2D eigenvalue weighted by Crippen LogP contribution is -2.73. The topological polar surface area (TPSA) is 133 Å². The molecule has 0 aromatic rings. The first kappa shape index (κ1) is 12.8. The molecule has 1 unspecified atom stereocenters. The van der Waals surface area contributed by atoms with Crippen LogP contribution in [0.25, 0.3) is 0 Å². The van der Waals surface area contributed by atoms with E-state index in [9.17, 15) is 10.2 Å². The van der Waals surface area contributed by atoms with Crippen LogP contribution in [0.4, 0.5) is 0 Å². The van der Waals surface area contributed by atoms with Crippen LogP contribution in [-0.4, -0.2) is 44.1 Å². The third kappa shape index (κ3) is 1.98. The van der Waals surface area contributed by atoms with Gasteiger partial charge < -0.3 is 31.9 Å². The Balaban J connectivity index is 5.00. The molecule has 0 spiro atoms. The van der Waals surface area contributed by atoms with Crippen molar-refractivity contribution in [3.63, 3.8) is 0 Å². The fourth-order valence-electron chi connectivity index (χ4n) is 1.00. The number of rotatable bonds is 4. The van der Waals surface area contributed by atoms with E-state index in [4.69, 9.17) is 21.7 Å². The van der Waals surface area contributed by atoms with Gasteiger partial charge in [-0.05, 0) is 13.3 Å². The van der Waals surface area contributed by atoms with Crippen LogP contribution in [-0.2, 0) is 0 Å². The molecule has 0 amide bonds. The average molecular weight is 194 g/mol. The van der Waals surface area contributed by atoms with E-state index in [1.54, 1.807) is 6.92 Å². The van der Waals surface area contributed by atoms with Crippen LogP contribution in [0.15, 0.2) is 0 Å². The van der Waals surface area contributed by atoms with Gasteiger partial charge in [0.25, 0.3) is 0 Å². The van der Waals surface area contributed by atoms with Gasteiger partial charge in [0.15, 0.2) is 0 Å². The second kappa shape index (κ2) is 3.49. The van der Waals surface area contributed by atoms with Gasteiger partial charge in [0.1, 0.15) is 0 Å². The molecule has 0 bridgehead atoms. The highest BCUT2D eigenvalue weighted by atomic mass is 16.6. The second-order valence-corrected chi connectivity index (χ2v) is 3.41. The van der Waals surface area contributed by atoms with E-state index in [1.165, 1.54) is 0 Å². The molecule has 0 heterocycles.